The van der Waals surface area contributed by atoms with E-state index in [9.17, 15) is 4.79 Å². The van der Waals surface area contributed by atoms with Gasteiger partial charge in [-0.05, 0) is 55.8 Å². The van der Waals surface area contributed by atoms with Crippen LogP contribution in [-0.2, 0) is 4.79 Å². The predicted molar refractivity (Wildman–Crippen MR) is 122 cm³/mol. The van der Waals surface area contributed by atoms with Crippen LogP contribution in [0.15, 0.2) is 71.2 Å². The number of rotatable bonds is 4. The number of hydrogen-bond acceptors (Lipinski definition) is 2. The number of benzene rings is 3. The molecule has 0 radical (unpaired) electrons. The number of amides is 1. The zero-order valence-corrected chi connectivity index (χ0v) is 18.3. The summed E-state index contributed by atoms with van der Waals surface area (Å²) in [7, 11) is 0. The molecule has 0 aliphatic heterocycles. The van der Waals surface area contributed by atoms with Gasteiger partial charge in [-0.3, -0.25) is 9.48 Å². The highest BCUT2D eigenvalue weighted by molar-refractivity contribution is 9.10. The molecule has 3 aromatic carbocycles. The van der Waals surface area contributed by atoms with Crippen LogP contribution in [0.5, 0.6) is 0 Å². The van der Waals surface area contributed by atoms with E-state index in [1.807, 2.05) is 80.6 Å². The number of carbonyl (C=O) groups excluding carboxylic acids is 1. The molecular formula is C23H19BrClN3O. The third-order valence-corrected chi connectivity index (χ3v) is 6.01. The SMILES string of the molecule is Cc1cc(NC(=O)C(C)n2nc(-c3ccccc3)c3cc(Cl)ccc32)ccc1Br. The molecule has 29 heavy (non-hydrogen) atoms. The van der Waals surface area contributed by atoms with E-state index < -0.39 is 6.04 Å². The molecular weight excluding hydrogens is 450 g/mol. The van der Waals surface area contributed by atoms with Crippen LogP contribution in [0.2, 0.25) is 5.02 Å². The summed E-state index contributed by atoms with van der Waals surface area (Å²) >= 11 is 9.73. The number of fused-ring (bicyclic) bond motifs is 1. The Hall–Kier alpha value is -2.63. The monoisotopic (exact) mass is 467 g/mol. The van der Waals surface area contributed by atoms with Crippen LogP contribution in [0, 0.1) is 6.92 Å². The summed E-state index contributed by atoms with van der Waals surface area (Å²) in [6.45, 7) is 3.83. The Morgan fingerprint density at radius 2 is 1.86 bits per heavy atom. The topological polar surface area (TPSA) is 46.9 Å². The number of nitrogens with zero attached hydrogens (tertiary/aromatic N) is 2. The van der Waals surface area contributed by atoms with E-state index in [1.54, 1.807) is 4.68 Å². The van der Waals surface area contributed by atoms with Crippen molar-refractivity contribution in [1.82, 2.24) is 9.78 Å². The van der Waals surface area contributed by atoms with E-state index in [0.717, 1.165) is 37.9 Å². The number of hydrogen-bond donors (Lipinski definition) is 1. The molecule has 0 aliphatic carbocycles. The van der Waals surface area contributed by atoms with Gasteiger partial charge in [-0.1, -0.05) is 57.9 Å². The first-order valence-corrected chi connectivity index (χ1v) is 10.4. The lowest BCUT2D eigenvalue weighted by atomic mass is 10.1. The molecule has 1 amide bonds. The third-order valence-electron chi connectivity index (χ3n) is 4.89. The molecule has 0 fully saturated rings. The van der Waals surface area contributed by atoms with Crippen molar-refractivity contribution in [2.75, 3.05) is 5.32 Å². The average Bonchev–Trinajstić information content (AvgIpc) is 3.09. The highest BCUT2D eigenvalue weighted by Gasteiger charge is 2.21. The highest BCUT2D eigenvalue weighted by atomic mass is 79.9. The van der Waals surface area contributed by atoms with Gasteiger partial charge in [-0.2, -0.15) is 5.10 Å². The molecule has 6 heteroatoms. The molecule has 1 N–H and O–H groups in total. The van der Waals surface area contributed by atoms with E-state index in [0.29, 0.717) is 5.02 Å². The van der Waals surface area contributed by atoms with Crippen LogP contribution >= 0.6 is 27.5 Å². The average molecular weight is 469 g/mol. The maximum atomic E-state index is 13.0. The molecule has 1 aromatic heterocycles. The summed E-state index contributed by atoms with van der Waals surface area (Å²) in [6.07, 6.45) is 0. The lowest BCUT2D eigenvalue weighted by molar-refractivity contribution is -0.118. The Balaban J connectivity index is 1.73. The highest BCUT2D eigenvalue weighted by Crippen LogP contribution is 2.32. The van der Waals surface area contributed by atoms with Gasteiger partial charge in [0.05, 0.1) is 5.52 Å². The van der Waals surface area contributed by atoms with Gasteiger partial charge in [0.25, 0.3) is 0 Å². The Morgan fingerprint density at radius 1 is 1.10 bits per heavy atom. The normalized spacial score (nSPS) is 12.1. The Morgan fingerprint density at radius 3 is 2.59 bits per heavy atom. The standard InChI is InChI=1S/C23H19BrClN3O/c1-14-12-18(9-10-20(14)24)26-23(29)15(2)28-21-11-8-17(25)13-19(21)22(27-28)16-6-4-3-5-7-16/h3-13,15H,1-2H3,(H,26,29). The summed E-state index contributed by atoms with van der Waals surface area (Å²) in [5.74, 6) is -0.134. The predicted octanol–water partition coefficient (Wildman–Crippen LogP) is 6.63. The van der Waals surface area contributed by atoms with E-state index in [-0.39, 0.29) is 5.91 Å². The largest absolute Gasteiger partial charge is 0.324 e. The quantitative estimate of drug-likeness (QED) is 0.365. The van der Waals surface area contributed by atoms with Crippen molar-refractivity contribution in [2.24, 2.45) is 0 Å². The molecule has 1 atom stereocenters. The number of aromatic nitrogens is 2. The summed E-state index contributed by atoms with van der Waals surface area (Å²) in [4.78, 5) is 13.0. The first-order valence-electron chi connectivity index (χ1n) is 9.24. The fraction of sp³-hybridized carbons (Fsp3) is 0.130. The fourth-order valence-corrected chi connectivity index (χ4v) is 3.72. The lowest BCUT2D eigenvalue weighted by Crippen LogP contribution is -2.24. The van der Waals surface area contributed by atoms with Crippen molar-refractivity contribution in [3.05, 3.63) is 81.8 Å². The molecule has 4 nitrogen and oxygen atoms in total. The molecule has 0 saturated heterocycles. The maximum Gasteiger partial charge on any atom is 0.248 e. The fourth-order valence-electron chi connectivity index (χ4n) is 3.30. The summed E-state index contributed by atoms with van der Waals surface area (Å²) in [5.41, 5.74) is 4.46. The maximum absolute atomic E-state index is 13.0. The van der Waals surface area contributed by atoms with Gasteiger partial charge in [0.1, 0.15) is 11.7 Å². The van der Waals surface area contributed by atoms with Gasteiger partial charge in [-0.15, -0.1) is 0 Å². The van der Waals surface area contributed by atoms with Crippen LogP contribution < -0.4 is 5.32 Å². The molecule has 0 saturated carbocycles. The number of halogens is 2. The molecule has 4 aromatic rings. The minimum Gasteiger partial charge on any atom is -0.324 e. The second-order valence-corrected chi connectivity index (χ2v) is 8.24. The molecule has 0 bridgehead atoms. The van der Waals surface area contributed by atoms with E-state index in [2.05, 4.69) is 21.2 Å². The second kappa shape index (κ2) is 8.01. The van der Waals surface area contributed by atoms with Gasteiger partial charge >= 0.3 is 0 Å². The van der Waals surface area contributed by atoms with Crippen molar-refractivity contribution < 1.29 is 4.79 Å². The van der Waals surface area contributed by atoms with E-state index in [1.165, 1.54) is 0 Å². The van der Waals surface area contributed by atoms with Gasteiger partial charge in [-0.25, -0.2) is 0 Å². The van der Waals surface area contributed by atoms with E-state index >= 15 is 0 Å². The smallest absolute Gasteiger partial charge is 0.248 e. The van der Waals surface area contributed by atoms with Crippen molar-refractivity contribution in [3.8, 4) is 11.3 Å². The Labute approximate surface area is 182 Å². The van der Waals surface area contributed by atoms with Gasteiger partial charge in [0, 0.05) is 26.1 Å². The van der Waals surface area contributed by atoms with Crippen molar-refractivity contribution in [3.63, 3.8) is 0 Å². The summed E-state index contributed by atoms with van der Waals surface area (Å²) in [5, 5.41) is 9.33. The molecule has 1 heterocycles. The molecule has 0 aliphatic rings. The van der Waals surface area contributed by atoms with Crippen LogP contribution in [0.4, 0.5) is 5.69 Å². The first kappa shape index (κ1) is 19.7. The molecule has 0 spiro atoms. The zero-order valence-electron chi connectivity index (χ0n) is 16.0. The molecule has 4 rings (SSSR count). The molecule has 146 valence electrons. The van der Waals surface area contributed by atoms with Crippen LogP contribution in [0.3, 0.4) is 0 Å². The first-order chi connectivity index (χ1) is 13.9. The van der Waals surface area contributed by atoms with Crippen LogP contribution in [0.1, 0.15) is 18.5 Å². The third kappa shape index (κ3) is 3.93. The second-order valence-electron chi connectivity index (χ2n) is 6.95. The lowest BCUT2D eigenvalue weighted by Gasteiger charge is -2.14. The Kier molecular flexibility index (Phi) is 5.43. The van der Waals surface area contributed by atoms with Crippen molar-refractivity contribution in [2.45, 2.75) is 19.9 Å². The van der Waals surface area contributed by atoms with Gasteiger partial charge in [0.2, 0.25) is 5.91 Å². The van der Waals surface area contributed by atoms with Gasteiger partial charge < -0.3 is 5.32 Å². The van der Waals surface area contributed by atoms with Crippen LogP contribution in [-0.4, -0.2) is 15.7 Å². The summed E-state index contributed by atoms with van der Waals surface area (Å²) < 4.78 is 2.76. The number of nitrogens with one attached hydrogen (secondary N) is 1. The minimum absolute atomic E-state index is 0.134. The Bertz CT molecular complexity index is 1200. The van der Waals surface area contributed by atoms with E-state index in [4.69, 9.17) is 16.7 Å². The van der Waals surface area contributed by atoms with Gasteiger partial charge in [0.15, 0.2) is 0 Å². The number of carbonyl (C=O) groups is 1. The zero-order chi connectivity index (χ0) is 20.5. The number of anilines is 1. The summed E-state index contributed by atoms with van der Waals surface area (Å²) in [6, 6.07) is 20.8. The molecule has 1 unspecified atom stereocenters. The number of aryl methyl sites for hydroxylation is 1. The van der Waals surface area contributed by atoms with Crippen molar-refractivity contribution >= 4 is 50.0 Å². The van der Waals surface area contributed by atoms with Crippen molar-refractivity contribution in [1.29, 1.82) is 0 Å². The van der Waals surface area contributed by atoms with Crippen LogP contribution in [0.25, 0.3) is 22.2 Å². The minimum atomic E-state index is -0.500.